The highest BCUT2D eigenvalue weighted by atomic mass is 32.2. The summed E-state index contributed by atoms with van der Waals surface area (Å²) in [5, 5.41) is 0. The molecule has 0 unspecified atom stereocenters. The molecule has 2 aliphatic rings. The number of sulfonamides is 1. The van der Waals surface area contributed by atoms with Gasteiger partial charge in [0.25, 0.3) is 5.91 Å². The summed E-state index contributed by atoms with van der Waals surface area (Å²) in [6.45, 7) is 2.99. The van der Waals surface area contributed by atoms with Crippen molar-refractivity contribution in [1.29, 1.82) is 0 Å². The minimum absolute atomic E-state index is 0.0197. The average molecular weight is 459 g/mol. The van der Waals surface area contributed by atoms with E-state index in [9.17, 15) is 13.2 Å². The van der Waals surface area contributed by atoms with Crippen molar-refractivity contribution in [2.24, 2.45) is 0 Å². The van der Waals surface area contributed by atoms with Crippen molar-refractivity contribution in [3.05, 3.63) is 53.6 Å². The molecule has 1 aliphatic carbocycles. The van der Waals surface area contributed by atoms with Gasteiger partial charge in [0, 0.05) is 31.7 Å². The van der Waals surface area contributed by atoms with Crippen LogP contribution in [0.25, 0.3) is 0 Å². The number of carbonyl (C=O) groups excluding carboxylic acids is 1. The van der Waals surface area contributed by atoms with Gasteiger partial charge in [-0.25, -0.2) is 8.42 Å². The molecule has 7 nitrogen and oxygen atoms in total. The molecule has 1 aliphatic heterocycles. The maximum atomic E-state index is 13.2. The van der Waals surface area contributed by atoms with Crippen molar-refractivity contribution in [2.75, 3.05) is 20.4 Å². The minimum atomic E-state index is -3.66. The van der Waals surface area contributed by atoms with Crippen LogP contribution in [0, 0.1) is 0 Å². The molecule has 0 radical (unpaired) electrons. The van der Waals surface area contributed by atoms with E-state index in [1.807, 2.05) is 25.1 Å². The van der Waals surface area contributed by atoms with Crippen LogP contribution in [0.4, 0.5) is 0 Å². The van der Waals surface area contributed by atoms with Crippen molar-refractivity contribution in [3.8, 4) is 11.5 Å². The summed E-state index contributed by atoms with van der Waals surface area (Å²) in [5.41, 5.74) is 1.29. The standard InChI is InChI=1S/C24H30N2O5S/c1-3-26(16-18-12-13-22-23(14-18)31-17-30-22)24(27)19-8-7-11-21(15-19)32(28,29)25(2)20-9-5-4-6-10-20/h7-8,11-15,20H,3-6,9-10,16-17H2,1-2H3. The molecule has 32 heavy (non-hydrogen) atoms. The Labute approximate surface area is 190 Å². The first-order chi connectivity index (χ1) is 15.4. The predicted octanol–water partition coefficient (Wildman–Crippen LogP) is 4.03. The van der Waals surface area contributed by atoms with Crippen LogP contribution >= 0.6 is 0 Å². The third-order valence-corrected chi connectivity index (χ3v) is 8.23. The molecule has 1 heterocycles. The highest BCUT2D eigenvalue weighted by Gasteiger charge is 2.29. The highest BCUT2D eigenvalue weighted by Crippen LogP contribution is 2.33. The van der Waals surface area contributed by atoms with Crippen LogP contribution in [-0.2, 0) is 16.6 Å². The number of amides is 1. The largest absolute Gasteiger partial charge is 0.454 e. The Bertz CT molecular complexity index is 1080. The molecule has 1 amide bonds. The van der Waals surface area contributed by atoms with Crippen molar-refractivity contribution in [1.82, 2.24) is 9.21 Å². The van der Waals surface area contributed by atoms with E-state index < -0.39 is 10.0 Å². The molecule has 8 heteroatoms. The van der Waals surface area contributed by atoms with Gasteiger partial charge in [0.05, 0.1) is 4.90 Å². The Morgan fingerprint density at radius 1 is 1.03 bits per heavy atom. The van der Waals surface area contributed by atoms with Crippen LogP contribution in [-0.4, -0.2) is 50.0 Å². The number of hydrogen-bond acceptors (Lipinski definition) is 5. The monoisotopic (exact) mass is 458 g/mol. The van der Waals surface area contributed by atoms with Gasteiger partial charge in [-0.05, 0) is 55.7 Å². The van der Waals surface area contributed by atoms with Gasteiger partial charge in [-0.2, -0.15) is 4.31 Å². The maximum Gasteiger partial charge on any atom is 0.254 e. The van der Waals surface area contributed by atoms with E-state index in [2.05, 4.69) is 0 Å². The molecule has 0 saturated heterocycles. The minimum Gasteiger partial charge on any atom is -0.454 e. The molecule has 1 fully saturated rings. The maximum absolute atomic E-state index is 13.2. The number of rotatable bonds is 7. The van der Waals surface area contributed by atoms with E-state index in [-0.39, 0.29) is 23.6 Å². The fourth-order valence-corrected chi connectivity index (χ4v) is 5.83. The van der Waals surface area contributed by atoms with Gasteiger partial charge in [0.1, 0.15) is 0 Å². The lowest BCUT2D eigenvalue weighted by atomic mass is 9.96. The van der Waals surface area contributed by atoms with Crippen molar-refractivity contribution < 1.29 is 22.7 Å². The smallest absolute Gasteiger partial charge is 0.254 e. The summed E-state index contributed by atoms with van der Waals surface area (Å²) in [6.07, 6.45) is 5.02. The molecular weight excluding hydrogens is 428 g/mol. The average Bonchev–Trinajstić information content (AvgIpc) is 3.30. The lowest BCUT2D eigenvalue weighted by Crippen LogP contribution is -2.38. The summed E-state index contributed by atoms with van der Waals surface area (Å²) < 4.78 is 38.7. The zero-order valence-electron chi connectivity index (χ0n) is 18.6. The summed E-state index contributed by atoms with van der Waals surface area (Å²) >= 11 is 0. The SMILES string of the molecule is CCN(Cc1ccc2c(c1)OCO2)C(=O)c1cccc(S(=O)(=O)N(C)C2CCCCC2)c1. The van der Waals surface area contributed by atoms with Crippen LogP contribution in [0.5, 0.6) is 11.5 Å². The van der Waals surface area contributed by atoms with E-state index in [1.54, 1.807) is 30.1 Å². The second-order valence-electron chi connectivity index (χ2n) is 8.35. The highest BCUT2D eigenvalue weighted by molar-refractivity contribution is 7.89. The number of carbonyl (C=O) groups is 1. The Morgan fingerprint density at radius 3 is 2.53 bits per heavy atom. The summed E-state index contributed by atoms with van der Waals surface area (Å²) in [7, 11) is -2.01. The van der Waals surface area contributed by atoms with Gasteiger partial charge in [-0.3, -0.25) is 4.79 Å². The topological polar surface area (TPSA) is 76.1 Å². The van der Waals surface area contributed by atoms with Crippen molar-refractivity contribution in [2.45, 2.75) is 56.5 Å². The Balaban J connectivity index is 1.52. The van der Waals surface area contributed by atoms with Gasteiger partial charge in [0.15, 0.2) is 11.5 Å². The van der Waals surface area contributed by atoms with Gasteiger partial charge >= 0.3 is 0 Å². The lowest BCUT2D eigenvalue weighted by Gasteiger charge is -2.30. The van der Waals surface area contributed by atoms with Crippen LogP contribution < -0.4 is 9.47 Å². The van der Waals surface area contributed by atoms with Gasteiger partial charge < -0.3 is 14.4 Å². The molecule has 0 atom stereocenters. The third kappa shape index (κ3) is 4.61. The van der Waals surface area contributed by atoms with Gasteiger partial charge in [0.2, 0.25) is 16.8 Å². The van der Waals surface area contributed by atoms with E-state index in [0.717, 1.165) is 37.7 Å². The lowest BCUT2D eigenvalue weighted by molar-refractivity contribution is 0.0752. The quantitative estimate of drug-likeness (QED) is 0.626. The van der Waals surface area contributed by atoms with Gasteiger partial charge in [-0.15, -0.1) is 0 Å². The zero-order chi connectivity index (χ0) is 22.7. The van der Waals surface area contributed by atoms with Gasteiger partial charge in [-0.1, -0.05) is 31.4 Å². The molecule has 0 N–H and O–H groups in total. The van der Waals surface area contributed by atoms with Crippen molar-refractivity contribution >= 4 is 15.9 Å². The molecule has 4 rings (SSSR count). The predicted molar refractivity (Wildman–Crippen MR) is 121 cm³/mol. The molecular formula is C24H30N2O5S. The van der Waals surface area contributed by atoms with Crippen molar-refractivity contribution in [3.63, 3.8) is 0 Å². The van der Waals surface area contributed by atoms with E-state index >= 15 is 0 Å². The normalized spacial score (nSPS) is 16.3. The molecule has 0 aromatic heterocycles. The van der Waals surface area contributed by atoms with E-state index in [0.29, 0.717) is 30.2 Å². The number of hydrogen-bond donors (Lipinski definition) is 0. The summed E-state index contributed by atoms with van der Waals surface area (Å²) in [6, 6.07) is 12.0. The number of benzene rings is 2. The molecule has 0 bridgehead atoms. The molecule has 0 spiro atoms. The first-order valence-corrected chi connectivity index (χ1v) is 12.6. The second-order valence-corrected chi connectivity index (χ2v) is 10.3. The van der Waals surface area contributed by atoms with E-state index in [4.69, 9.17) is 9.47 Å². The summed E-state index contributed by atoms with van der Waals surface area (Å²) in [5.74, 6) is 1.16. The fourth-order valence-electron chi connectivity index (χ4n) is 4.37. The third-order valence-electron chi connectivity index (χ3n) is 6.33. The first-order valence-electron chi connectivity index (χ1n) is 11.2. The Morgan fingerprint density at radius 2 is 1.78 bits per heavy atom. The Hall–Kier alpha value is -2.58. The summed E-state index contributed by atoms with van der Waals surface area (Å²) in [4.78, 5) is 15.1. The molecule has 1 saturated carbocycles. The van der Waals surface area contributed by atoms with Crippen LogP contribution in [0.1, 0.15) is 54.9 Å². The molecule has 2 aromatic carbocycles. The number of fused-ring (bicyclic) bond motifs is 1. The zero-order valence-corrected chi connectivity index (χ0v) is 19.4. The molecule has 172 valence electrons. The Kier molecular flexibility index (Phi) is 6.71. The second kappa shape index (κ2) is 9.50. The molecule has 2 aromatic rings. The van der Waals surface area contributed by atoms with E-state index in [1.165, 1.54) is 10.4 Å². The van der Waals surface area contributed by atoms with Crippen LogP contribution in [0.2, 0.25) is 0 Å². The number of ether oxygens (including phenoxy) is 2. The fraction of sp³-hybridized carbons (Fsp3) is 0.458. The van der Waals surface area contributed by atoms with Crippen LogP contribution in [0.15, 0.2) is 47.4 Å². The first kappa shape index (κ1) is 22.6. The number of nitrogens with zero attached hydrogens (tertiary/aromatic N) is 2. The van der Waals surface area contributed by atoms with Crippen LogP contribution in [0.3, 0.4) is 0 Å².